The van der Waals surface area contributed by atoms with Crippen LogP contribution in [0.4, 0.5) is 0 Å². The Morgan fingerprint density at radius 1 is 0.867 bits per heavy atom. The number of methoxy groups -OCH3 is 1. The van der Waals surface area contributed by atoms with Gasteiger partial charge in [-0.2, -0.15) is 0 Å². The highest BCUT2D eigenvalue weighted by Gasteiger charge is 2.23. The van der Waals surface area contributed by atoms with Gasteiger partial charge in [0.2, 0.25) is 0 Å². The number of aryl methyl sites for hydroxylation is 2. The Hall–Kier alpha value is -3.43. The Kier molecular flexibility index (Phi) is 4.23. The van der Waals surface area contributed by atoms with Crippen LogP contribution < -0.4 is 4.74 Å². The number of ether oxygens (including phenoxy) is 1. The molecule has 0 amide bonds. The van der Waals surface area contributed by atoms with E-state index in [0.717, 1.165) is 33.0 Å². The van der Waals surface area contributed by atoms with E-state index in [-0.39, 0.29) is 12.4 Å². The monoisotopic (exact) mass is 394 g/mol. The van der Waals surface area contributed by atoms with E-state index >= 15 is 0 Å². The molecule has 0 bridgehead atoms. The van der Waals surface area contributed by atoms with Gasteiger partial charge in [0.15, 0.2) is 5.78 Å². The number of aliphatic hydroxyl groups is 1. The van der Waals surface area contributed by atoms with Gasteiger partial charge >= 0.3 is 0 Å². The molecule has 3 heteroatoms. The van der Waals surface area contributed by atoms with Crippen LogP contribution in [0.15, 0.2) is 54.6 Å². The van der Waals surface area contributed by atoms with Crippen LogP contribution >= 0.6 is 0 Å². The number of ketones is 1. The summed E-state index contributed by atoms with van der Waals surface area (Å²) in [7, 11) is 1.64. The molecule has 0 heterocycles. The zero-order chi connectivity index (χ0) is 21.0. The number of carbonyl (C=O) groups excluding carboxylic acids is 1. The lowest BCUT2D eigenvalue weighted by atomic mass is 9.84. The first-order valence-electron chi connectivity index (χ1n) is 10.0. The maximum absolute atomic E-state index is 12.6. The summed E-state index contributed by atoms with van der Waals surface area (Å²) in [6.07, 6.45) is 3.44. The molecule has 4 aromatic carbocycles. The van der Waals surface area contributed by atoms with Crippen LogP contribution in [0.5, 0.6) is 5.75 Å². The van der Waals surface area contributed by atoms with Crippen molar-refractivity contribution in [1.29, 1.82) is 0 Å². The van der Waals surface area contributed by atoms with Gasteiger partial charge in [0, 0.05) is 16.3 Å². The smallest absolute Gasteiger partial charge is 0.186 e. The number of carbonyl (C=O) groups is 1. The Bertz CT molecular complexity index is 1390. The second-order valence-electron chi connectivity index (χ2n) is 7.88. The molecule has 0 saturated heterocycles. The van der Waals surface area contributed by atoms with E-state index < -0.39 is 0 Å². The van der Waals surface area contributed by atoms with E-state index in [2.05, 4.69) is 44.2 Å². The number of fused-ring (bicyclic) bond motifs is 1. The predicted molar refractivity (Wildman–Crippen MR) is 122 cm³/mol. The zero-order valence-corrected chi connectivity index (χ0v) is 17.2. The van der Waals surface area contributed by atoms with Gasteiger partial charge in [-0.15, -0.1) is 0 Å². The average molecular weight is 394 g/mol. The van der Waals surface area contributed by atoms with Crippen LogP contribution in [-0.2, 0) is 6.61 Å². The molecule has 0 radical (unpaired) electrons. The quantitative estimate of drug-likeness (QED) is 0.464. The van der Waals surface area contributed by atoms with Gasteiger partial charge in [-0.1, -0.05) is 36.4 Å². The van der Waals surface area contributed by atoms with Crippen molar-refractivity contribution in [3.63, 3.8) is 0 Å². The van der Waals surface area contributed by atoms with Crippen molar-refractivity contribution >= 4 is 33.4 Å². The fourth-order valence-electron chi connectivity index (χ4n) is 4.63. The van der Waals surface area contributed by atoms with Crippen molar-refractivity contribution in [1.82, 2.24) is 0 Å². The van der Waals surface area contributed by atoms with Crippen LogP contribution in [0.2, 0.25) is 0 Å². The molecule has 1 N–H and O–H groups in total. The molecule has 1 aliphatic rings. The van der Waals surface area contributed by atoms with Crippen LogP contribution in [0.3, 0.4) is 0 Å². The van der Waals surface area contributed by atoms with Gasteiger partial charge in [0.25, 0.3) is 0 Å². The third-order valence-electron chi connectivity index (χ3n) is 6.17. The highest BCUT2D eigenvalue weighted by atomic mass is 16.5. The van der Waals surface area contributed by atoms with Crippen molar-refractivity contribution in [3.05, 3.63) is 82.4 Å². The van der Waals surface area contributed by atoms with Crippen LogP contribution in [0.1, 0.15) is 32.6 Å². The molecular formula is C27H22O3. The van der Waals surface area contributed by atoms with Crippen LogP contribution in [-0.4, -0.2) is 18.0 Å². The molecule has 0 atom stereocenters. The summed E-state index contributed by atoms with van der Waals surface area (Å²) in [4.78, 5) is 12.6. The van der Waals surface area contributed by atoms with E-state index in [1.165, 1.54) is 21.9 Å². The summed E-state index contributed by atoms with van der Waals surface area (Å²) >= 11 is 0. The number of rotatable bonds is 3. The van der Waals surface area contributed by atoms with Crippen LogP contribution in [0, 0.1) is 13.8 Å². The third-order valence-corrected chi connectivity index (χ3v) is 6.17. The first-order valence-corrected chi connectivity index (χ1v) is 10.0. The molecule has 4 aromatic rings. The largest absolute Gasteiger partial charge is 0.496 e. The first kappa shape index (κ1) is 18.6. The summed E-state index contributed by atoms with van der Waals surface area (Å²) in [6.45, 7) is 4.07. The second-order valence-corrected chi connectivity index (χ2v) is 7.88. The van der Waals surface area contributed by atoms with Gasteiger partial charge in [-0.05, 0) is 82.3 Å². The standard InChI is InChI=1S/C27H22O3/c1-15-4-5-16(2)21-12-18(6-9-20(15)21)25-19(14-28)13-22-23(29)10-7-17-8-11-24(30-3)27(25)26(17)22/h4-13,28H,14H2,1-3H3. The van der Waals surface area contributed by atoms with Gasteiger partial charge < -0.3 is 9.84 Å². The highest BCUT2D eigenvalue weighted by molar-refractivity contribution is 6.23. The molecule has 0 saturated carbocycles. The Labute approximate surface area is 175 Å². The second kappa shape index (κ2) is 6.82. The summed E-state index contributed by atoms with van der Waals surface area (Å²) in [5, 5.41) is 14.4. The summed E-state index contributed by atoms with van der Waals surface area (Å²) in [6, 6.07) is 16.4. The Morgan fingerprint density at radius 2 is 1.63 bits per heavy atom. The van der Waals surface area contributed by atoms with Gasteiger partial charge in [-0.3, -0.25) is 4.79 Å². The van der Waals surface area contributed by atoms with Crippen molar-refractivity contribution < 1.29 is 14.6 Å². The molecule has 3 nitrogen and oxygen atoms in total. The minimum absolute atomic E-state index is 0.0491. The third kappa shape index (κ3) is 2.59. The SMILES string of the molecule is COc1ccc2c3c(cc(CO)c(-c4ccc5c(C)ccc(C)c5c4)c13)C(=O)C=C2. The fourth-order valence-corrected chi connectivity index (χ4v) is 4.63. The number of allylic oxidation sites excluding steroid dienone is 1. The lowest BCUT2D eigenvalue weighted by Gasteiger charge is -2.21. The topological polar surface area (TPSA) is 46.5 Å². The molecule has 0 spiro atoms. The molecule has 5 rings (SSSR count). The number of aliphatic hydroxyl groups excluding tert-OH is 1. The molecule has 1 aliphatic carbocycles. The minimum Gasteiger partial charge on any atom is -0.496 e. The molecule has 0 aromatic heterocycles. The van der Waals surface area contributed by atoms with Gasteiger partial charge in [0.1, 0.15) is 5.75 Å². The van der Waals surface area contributed by atoms with Gasteiger partial charge in [0.05, 0.1) is 13.7 Å². The maximum atomic E-state index is 12.6. The Balaban J connectivity index is 1.95. The summed E-state index contributed by atoms with van der Waals surface area (Å²) in [5.74, 6) is 0.649. The van der Waals surface area contributed by atoms with Gasteiger partial charge in [-0.25, -0.2) is 0 Å². The summed E-state index contributed by atoms with van der Waals surface area (Å²) < 4.78 is 5.72. The number of benzene rings is 4. The molecule has 0 unspecified atom stereocenters. The zero-order valence-electron chi connectivity index (χ0n) is 17.2. The lowest BCUT2D eigenvalue weighted by Crippen LogP contribution is -2.06. The molecule has 148 valence electrons. The van der Waals surface area contributed by atoms with E-state index in [0.29, 0.717) is 11.3 Å². The molecule has 30 heavy (non-hydrogen) atoms. The van der Waals surface area contributed by atoms with E-state index in [4.69, 9.17) is 4.74 Å². The first-order chi connectivity index (χ1) is 14.5. The fraction of sp³-hybridized carbons (Fsp3) is 0.148. The number of hydrogen-bond donors (Lipinski definition) is 1. The van der Waals surface area contributed by atoms with E-state index in [1.807, 2.05) is 24.3 Å². The van der Waals surface area contributed by atoms with Crippen LogP contribution in [0.25, 0.3) is 38.7 Å². The molecule has 0 fully saturated rings. The van der Waals surface area contributed by atoms with Crippen molar-refractivity contribution in [2.45, 2.75) is 20.5 Å². The highest BCUT2D eigenvalue weighted by Crippen LogP contribution is 2.44. The Morgan fingerprint density at radius 3 is 2.37 bits per heavy atom. The minimum atomic E-state index is -0.159. The van der Waals surface area contributed by atoms with Crippen molar-refractivity contribution in [3.8, 4) is 16.9 Å². The average Bonchev–Trinajstić information content (AvgIpc) is 2.78. The van der Waals surface area contributed by atoms with E-state index in [1.54, 1.807) is 13.2 Å². The molecular weight excluding hydrogens is 372 g/mol. The van der Waals surface area contributed by atoms with E-state index in [9.17, 15) is 9.90 Å². The van der Waals surface area contributed by atoms with Crippen molar-refractivity contribution in [2.24, 2.45) is 0 Å². The predicted octanol–water partition coefficient (Wildman–Crippen LogP) is 5.99. The maximum Gasteiger partial charge on any atom is 0.186 e. The van der Waals surface area contributed by atoms with Crippen molar-refractivity contribution in [2.75, 3.05) is 7.11 Å². The normalized spacial score (nSPS) is 12.7. The molecule has 0 aliphatic heterocycles. The number of hydrogen-bond acceptors (Lipinski definition) is 3. The summed E-state index contributed by atoms with van der Waals surface area (Å²) in [5.41, 5.74) is 6.68. The lowest BCUT2D eigenvalue weighted by molar-refractivity contribution is 0.104.